The van der Waals surface area contributed by atoms with Crippen LogP contribution in [0, 0.1) is 5.41 Å². The Bertz CT molecular complexity index is 458. The highest BCUT2D eigenvalue weighted by Crippen LogP contribution is 2.13. The lowest BCUT2D eigenvalue weighted by Crippen LogP contribution is -2.41. The van der Waals surface area contributed by atoms with Crippen LogP contribution in [0.25, 0.3) is 0 Å². The van der Waals surface area contributed by atoms with Crippen molar-refractivity contribution in [2.75, 3.05) is 6.54 Å². The van der Waals surface area contributed by atoms with Crippen LogP contribution >= 0.6 is 0 Å². The van der Waals surface area contributed by atoms with E-state index in [9.17, 15) is 14.7 Å². The Hall–Kier alpha value is -1.79. The average Bonchev–Trinajstić information content (AvgIpc) is 2.70. The number of carboxylic acids is 1. The second-order valence-corrected chi connectivity index (χ2v) is 8.29. The van der Waals surface area contributed by atoms with Crippen LogP contribution in [0.2, 0.25) is 0 Å². The molecule has 1 amide bonds. The number of aliphatic carboxylic acids is 1. The molecular formula is C23H46N4O3. The van der Waals surface area contributed by atoms with Crippen molar-refractivity contribution in [2.45, 2.75) is 122 Å². The minimum absolute atomic E-state index is 0.135. The molecule has 0 aromatic carbocycles. The molecule has 0 spiro atoms. The molecule has 0 aromatic heterocycles. The molecule has 0 saturated heterocycles. The summed E-state index contributed by atoms with van der Waals surface area (Å²) in [5.41, 5.74) is 5.18. The van der Waals surface area contributed by atoms with Gasteiger partial charge in [-0.05, 0) is 19.3 Å². The van der Waals surface area contributed by atoms with Crippen LogP contribution in [0.3, 0.4) is 0 Å². The number of hydrogen-bond acceptors (Lipinski definition) is 3. The predicted molar refractivity (Wildman–Crippen MR) is 124 cm³/mol. The molecule has 0 aromatic rings. The third-order valence-corrected chi connectivity index (χ3v) is 5.38. The molecule has 7 heteroatoms. The summed E-state index contributed by atoms with van der Waals surface area (Å²) in [5, 5.41) is 21.5. The maximum Gasteiger partial charge on any atom is 0.326 e. The highest BCUT2D eigenvalue weighted by atomic mass is 16.4. The summed E-state index contributed by atoms with van der Waals surface area (Å²) in [6.45, 7) is 2.68. The fraction of sp³-hybridized carbons (Fsp3) is 0.870. The van der Waals surface area contributed by atoms with E-state index in [-0.39, 0.29) is 11.9 Å². The zero-order chi connectivity index (χ0) is 22.5. The molecule has 1 atom stereocenters. The number of nitrogens with one attached hydrogen (secondary N) is 3. The van der Waals surface area contributed by atoms with Crippen molar-refractivity contribution in [1.82, 2.24) is 10.6 Å². The van der Waals surface area contributed by atoms with Crippen molar-refractivity contribution in [3.05, 3.63) is 0 Å². The smallest absolute Gasteiger partial charge is 0.326 e. The molecule has 176 valence electrons. The van der Waals surface area contributed by atoms with Crippen molar-refractivity contribution in [1.29, 1.82) is 5.41 Å². The van der Waals surface area contributed by atoms with E-state index in [4.69, 9.17) is 11.1 Å². The molecule has 0 unspecified atom stereocenters. The summed E-state index contributed by atoms with van der Waals surface area (Å²) in [6.07, 6.45) is 19.0. The van der Waals surface area contributed by atoms with Gasteiger partial charge in [-0.15, -0.1) is 0 Å². The van der Waals surface area contributed by atoms with Gasteiger partial charge in [0.05, 0.1) is 0 Å². The van der Waals surface area contributed by atoms with Crippen LogP contribution in [0.15, 0.2) is 0 Å². The van der Waals surface area contributed by atoms with Gasteiger partial charge in [-0.1, -0.05) is 90.4 Å². The number of carboxylic acid groups (broad SMARTS) is 1. The summed E-state index contributed by atoms with van der Waals surface area (Å²) >= 11 is 0. The van der Waals surface area contributed by atoms with Gasteiger partial charge in [0, 0.05) is 13.0 Å². The summed E-state index contributed by atoms with van der Waals surface area (Å²) < 4.78 is 0. The third-order valence-electron chi connectivity index (χ3n) is 5.38. The Kier molecular flexibility index (Phi) is 19.3. The number of unbranched alkanes of at least 4 members (excludes halogenated alkanes) is 13. The number of rotatable bonds is 21. The van der Waals surface area contributed by atoms with E-state index < -0.39 is 12.0 Å². The van der Waals surface area contributed by atoms with Gasteiger partial charge < -0.3 is 21.5 Å². The molecule has 30 heavy (non-hydrogen) atoms. The Labute approximate surface area is 183 Å². The van der Waals surface area contributed by atoms with Crippen molar-refractivity contribution in [2.24, 2.45) is 5.73 Å². The number of guanidine groups is 1. The van der Waals surface area contributed by atoms with E-state index in [0.717, 1.165) is 19.3 Å². The second kappa shape index (κ2) is 20.5. The van der Waals surface area contributed by atoms with Crippen LogP contribution in [0.1, 0.15) is 116 Å². The van der Waals surface area contributed by atoms with Crippen molar-refractivity contribution in [3.63, 3.8) is 0 Å². The van der Waals surface area contributed by atoms with E-state index in [1.807, 2.05) is 0 Å². The first kappa shape index (κ1) is 28.2. The summed E-state index contributed by atoms with van der Waals surface area (Å²) in [6, 6.07) is -0.877. The lowest BCUT2D eigenvalue weighted by molar-refractivity contribution is -0.142. The third kappa shape index (κ3) is 19.5. The molecule has 0 heterocycles. The number of carbonyl (C=O) groups is 2. The molecule has 0 aliphatic rings. The zero-order valence-corrected chi connectivity index (χ0v) is 19.1. The largest absolute Gasteiger partial charge is 0.480 e. The average molecular weight is 427 g/mol. The van der Waals surface area contributed by atoms with Crippen molar-refractivity contribution >= 4 is 17.8 Å². The van der Waals surface area contributed by atoms with Crippen LogP contribution in [-0.4, -0.2) is 35.5 Å². The van der Waals surface area contributed by atoms with Crippen LogP contribution in [0.5, 0.6) is 0 Å². The molecule has 0 aliphatic heterocycles. The van der Waals surface area contributed by atoms with Gasteiger partial charge in [0.25, 0.3) is 0 Å². The van der Waals surface area contributed by atoms with Gasteiger partial charge in [0.1, 0.15) is 6.04 Å². The number of carbonyl (C=O) groups excluding carboxylic acids is 1. The van der Waals surface area contributed by atoms with Crippen LogP contribution in [-0.2, 0) is 9.59 Å². The molecule has 0 rings (SSSR count). The van der Waals surface area contributed by atoms with Crippen LogP contribution < -0.4 is 16.4 Å². The first-order valence-electron chi connectivity index (χ1n) is 12.1. The standard InChI is InChI=1S/C23H46N4O3/c1-2-3-4-5-6-7-8-9-10-11-12-13-14-15-18-21(28)27-20(22(29)30)17-16-19-26-23(24)25/h20H,2-19H2,1H3,(H,27,28)(H,29,30)(H4,24,25,26)/t20-/m0/s1. The Morgan fingerprint density at radius 3 is 1.73 bits per heavy atom. The van der Waals surface area contributed by atoms with Gasteiger partial charge in [-0.25, -0.2) is 4.79 Å². The fourth-order valence-corrected chi connectivity index (χ4v) is 3.53. The molecule has 0 radical (unpaired) electrons. The Balaban J connectivity index is 3.54. The summed E-state index contributed by atoms with van der Waals surface area (Å²) in [5.74, 6) is -1.35. The van der Waals surface area contributed by atoms with E-state index in [0.29, 0.717) is 25.8 Å². The summed E-state index contributed by atoms with van der Waals surface area (Å²) in [7, 11) is 0. The Morgan fingerprint density at radius 2 is 1.30 bits per heavy atom. The molecule has 0 saturated carbocycles. The van der Waals surface area contributed by atoms with Gasteiger partial charge in [-0.2, -0.15) is 0 Å². The van der Waals surface area contributed by atoms with Crippen molar-refractivity contribution < 1.29 is 14.7 Å². The topological polar surface area (TPSA) is 128 Å². The minimum Gasteiger partial charge on any atom is -0.480 e. The lowest BCUT2D eigenvalue weighted by Gasteiger charge is -2.14. The molecular weight excluding hydrogens is 380 g/mol. The van der Waals surface area contributed by atoms with Gasteiger partial charge in [0.15, 0.2) is 5.96 Å². The molecule has 7 nitrogen and oxygen atoms in total. The quantitative estimate of drug-likeness (QED) is 0.103. The molecule has 0 bridgehead atoms. The first-order chi connectivity index (χ1) is 14.5. The maximum atomic E-state index is 12.0. The van der Waals surface area contributed by atoms with E-state index in [1.165, 1.54) is 70.6 Å². The first-order valence-corrected chi connectivity index (χ1v) is 12.1. The van der Waals surface area contributed by atoms with E-state index >= 15 is 0 Å². The number of hydrogen-bond donors (Lipinski definition) is 5. The normalized spacial score (nSPS) is 11.8. The second-order valence-electron chi connectivity index (χ2n) is 8.29. The number of amides is 1. The van der Waals surface area contributed by atoms with E-state index in [2.05, 4.69) is 17.6 Å². The maximum absolute atomic E-state index is 12.0. The Morgan fingerprint density at radius 1 is 0.833 bits per heavy atom. The highest BCUT2D eigenvalue weighted by Gasteiger charge is 2.19. The highest BCUT2D eigenvalue weighted by molar-refractivity contribution is 5.83. The van der Waals surface area contributed by atoms with E-state index in [1.54, 1.807) is 0 Å². The van der Waals surface area contributed by atoms with Crippen LogP contribution in [0.4, 0.5) is 0 Å². The summed E-state index contributed by atoms with van der Waals surface area (Å²) in [4.78, 5) is 23.2. The fourth-order valence-electron chi connectivity index (χ4n) is 3.53. The monoisotopic (exact) mass is 426 g/mol. The lowest BCUT2D eigenvalue weighted by atomic mass is 10.0. The minimum atomic E-state index is -1.02. The molecule has 6 N–H and O–H groups in total. The SMILES string of the molecule is CCCCCCCCCCCCCCCCC(=O)N[C@@H](CCCNC(=N)N)C(=O)O. The molecule has 0 aliphatic carbocycles. The van der Waals surface area contributed by atoms with Gasteiger partial charge in [0.2, 0.25) is 5.91 Å². The predicted octanol–water partition coefficient (Wildman–Crippen LogP) is 4.69. The van der Waals surface area contributed by atoms with Crippen molar-refractivity contribution in [3.8, 4) is 0 Å². The zero-order valence-electron chi connectivity index (χ0n) is 19.1. The van der Waals surface area contributed by atoms with Gasteiger partial charge in [-0.3, -0.25) is 10.2 Å². The van der Waals surface area contributed by atoms with Gasteiger partial charge >= 0.3 is 5.97 Å². The molecule has 0 fully saturated rings. The number of nitrogens with two attached hydrogens (primary N) is 1.